The molecule has 0 amide bonds. The van der Waals surface area contributed by atoms with Crippen LogP contribution >= 0.6 is 0 Å². The van der Waals surface area contributed by atoms with Crippen LogP contribution in [-0.4, -0.2) is 41.5 Å². The van der Waals surface area contributed by atoms with Gasteiger partial charge in [0.15, 0.2) is 0 Å². The number of hydrogen-bond donors (Lipinski definition) is 0. The Morgan fingerprint density at radius 1 is 1.10 bits per heavy atom. The summed E-state index contributed by atoms with van der Waals surface area (Å²) in [6, 6.07) is 7.86. The van der Waals surface area contributed by atoms with Gasteiger partial charge in [0, 0.05) is 19.5 Å². The monoisotopic (exact) mass is 389 g/mol. The van der Waals surface area contributed by atoms with Crippen LogP contribution in [0.2, 0.25) is 0 Å². The van der Waals surface area contributed by atoms with Gasteiger partial charge in [-0.1, -0.05) is 12.1 Å². The smallest absolute Gasteiger partial charge is 0.274 e. The molecule has 0 N–H and O–H groups in total. The molecule has 4 nitrogen and oxygen atoms in total. The first-order chi connectivity index (χ1) is 8.94. The molecule has 1 aromatic heterocycles. The molecule has 0 saturated carbocycles. The first-order valence-corrected chi connectivity index (χ1v) is 6.93. The SMILES string of the molecule is CCn1c2ccccc2c(=O)n1CCC[N+](C)(C)C.[I-]. The number of halogens is 1. The van der Waals surface area contributed by atoms with E-state index >= 15 is 0 Å². The largest absolute Gasteiger partial charge is 1.00 e. The maximum absolute atomic E-state index is 12.4. The normalized spacial score (nSPS) is 11.6. The molecular weight excluding hydrogens is 365 g/mol. The van der Waals surface area contributed by atoms with Crippen LogP contribution in [0.1, 0.15) is 13.3 Å². The van der Waals surface area contributed by atoms with Crippen molar-refractivity contribution in [2.45, 2.75) is 26.4 Å². The van der Waals surface area contributed by atoms with Crippen molar-refractivity contribution in [3.8, 4) is 0 Å². The van der Waals surface area contributed by atoms with Gasteiger partial charge >= 0.3 is 0 Å². The molecule has 0 spiro atoms. The van der Waals surface area contributed by atoms with Gasteiger partial charge in [0.2, 0.25) is 0 Å². The Hall–Kier alpha value is -0.820. The number of aromatic nitrogens is 2. The number of para-hydroxylation sites is 1. The summed E-state index contributed by atoms with van der Waals surface area (Å²) in [5.41, 5.74) is 1.18. The number of quaternary nitrogens is 1. The van der Waals surface area contributed by atoms with E-state index in [2.05, 4.69) is 32.7 Å². The fourth-order valence-electron chi connectivity index (χ4n) is 2.52. The first-order valence-electron chi connectivity index (χ1n) is 6.93. The van der Waals surface area contributed by atoms with Crippen molar-refractivity contribution in [2.24, 2.45) is 0 Å². The molecule has 0 atom stereocenters. The topological polar surface area (TPSA) is 26.9 Å². The molecule has 0 unspecified atom stereocenters. The highest BCUT2D eigenvalue weighted by Gasteiger charge is 2.12. The van der Waals surface area contributed by atoms with E-state index < -0.39 is 0 Å². The fraction of sp³-hybridized carbons (Fsp3) is 0.533. The standard InChI is InChI=1S/C15H24N3O.HI/c1-5-16-14-10-7-6-9-13(14)15(19)17(16)11-8-12-18(2,3)4;/h6-7,9-10H,5,8,11-12H2,1-4H3;1H/q+1;/p-1. The lowest BCUT2D eigenvalue weighted by Gasteiger charge is -2.24. The van der Waals surface area contributed by atoms with E-state index in [1.54, 1.807) is 0 Å². The second kappa shape index (κ2) is 6.76. The summed E-state index contributed by atoms with van der Waals surface area (Å²) < 4.78 is 4.91. The zero-order valence-corrected chi connectivity index (χ0v) is 14.9. The molecule has 0 radical (unpaired) electrons. The number of aryl methyl sites for hydroxylation is 1. The van der Waals surface area contributed by atoms with Gasteiger partial charge in [-0.3, -0.25) is 9.48 Å². The minimum Gasteiger partial charge on any atom is -1.00 e. The third-order valence-electron chi connectivity index (χ3n) is 3.44. The average Bonchev–Trinajstić information content (AvgIpc) is 2.62. The average molecular weight is 389 g/mol. The van der Waals surface area contributed by atoms with Crippen LogP contribution in [0.4, 0.5) is 0 Å². The summed E-state index contributed by atoms with van der Waals surface area (Å²) in [4.78, 5) is 12.4. The minimum absolute atomic E-state index is 0. The number of fused-ring (bicyclic) bond motifs is 1. The van der Waals surface area contributed by atoms with Crippen molar-refractivity contribution in [3.63, 3.8) is 0 Å². The second-order valence-corrected chi connectivity index (χ2v) is 6.03. The van der Waals surface area contributed by atoms with E-state index in [4.69, 9.17) is 0 Å². The van der Waals surface area contributed by atoms with E-state index in [-0.39, 0.29) is 29.5 Å². The molecule has 112 valence electrons. The third-order valence-corrected chi connectivity index (χ3v) is 3.44. The molecule has 0 aliphatic heterocycles. The predicted octanol–water partition coefficient (Wildman–Crippen LogP) is -1.08. The summed E-state index contributed by atoms with van der Waals surface area (Å²) in [5, 5.41) is 0.828. The van der Waals surface area contributed by atoms with Gasteiger partial charge in [-0.2, -0.15) is 0 Å². The van der Waals surface area contributed by atoms with Crippen LogP contribution in [0.15, 0.2) is 29.1 Å². The molecule has 2 aromatic rings. The Morgan fingerprint density at radius 3 is 2.35 bits per heavy atom. The van der Waals surface area contributed by atoms with E-state index in [9.17, 15) is 4.79 Å². The van der Waals surface area contributed by atoms with Crippen LogP contribution < -0.4 is 29.5 Å². The summed E-state index contributed by atoms with van der Waals surface area (Å²) in [5.74, 6) is 0. The summed E-state index contributed by atoms with van der Waals surface area (Å²) in [7, 11) is 6.54. The first kappa shape index (κ1) is 17.2. The van der Waals surface area contributed by atoms with Gasteiger partial charge in [0.25, 0.3) is 5.56 Å². The minimum atomic E-state index is 0. The lowest BCUT2D eigenvalue weighted by Crippen LogP contribution is -3.00. The molecule has 5 heteroatoms. The zero-order chi connectivity index (χ0) is 14.0. The molecule has 0 bridgehead atoms. The van der Waals surface area contributed by atoms with E-state index in [1.807, 2.05) is 28.9 Å². The molecule has 20 heavy (non-hydrogen) atoms. The van der Waals surface area contributed by atoms with E-state index in [1.165, 1.54) is 0 Å². The highest BCUT2D eigenvalue weighted by Crippen LogP contribution is 2.11. The van der Waals surface area contributed by atoms with Crippen LogP contribution in [0.5, 0.6) is 0 Å². The highest BCUT2D eigenvalue weighted by atomic mass is 127. The Bertz CT molecular complexity index is 622. The van der Waals surface area contributed by atoms with Gasteiger partial charge in [0.05, 0.1) is 38.6 Å². The molecule has 0 aliphatic carbocycles. The number of nitrogens with zero attached hydrogens (tertiary/aromatic N) is 3. The molecule has 2 rings (SSSR count). The van der Waals surface area contributed by atoms with Crippen molar-refractivity contribution >= 4 is 10.9 Å². The molecule has 1 heterocycles. The van der Waals surface area contributed by atoms with Crippen LogP contribution in [0.25, 0.3) is 10.9 Å². The summed E-state index contributed by atoms with van der Waals surface area (Å²) in [6.07, 6.45) is 1.01. The van der Waals surface area contributed by atoms with Gasteiger partial charge in [-0.15, -0.1) is 0 Å². The van der Waals surface area contributed by atoms with Crippen LogP contribution in [0, 0.1) is 0 Å². The Kier molecular flexibility index (Phi) is 5.82. The van der Waals surface area contributed by atoms with Gasteiger partial charge < -0.3 is 28.5 Å². The maximum Gasteiger partial charge on any atom is 0.274 e. The Labute approximate surface area is 137 Å². The van der Waals surface area contributed by atoms with Crippen molar-refractivity contribution in [2.75, 3.05) is 27.7 Å². The molecular formula is C15H24IN3O. The van der Waals surface area contributed by atoms with Crippen molar-refractivity contribution in [3.05, 3.63) is 34.6 Å². The number of benzene rings is 1. The van der Waals surface area contributed by atoms with Crippen molar-refractivity contribution < 1.29 is 28.5 Å². The van der Waals surface area contributed by atoms with Gasteiger partial charge in [0.1, 0.15) is 0 Å². The van der Waals surface area contributed by atoms with Crippen LogP contribution in [-0.2, 0) is 13.1 Å². The van der Waals surface area contributed by atoms with Crippen LogP contribution in [0.3, 0.4) is 0 Å². The third kappa shape index (κ3) is 3.63. The molecule has 0 fully saturated rings. The van der Waals surface area contributed by atoms with Gasteiger partial charge in [-0.05, 0) is 19.1 Å². The van der Waals surface area contributed by atoms with Crippen molar-refractivity contribution in [1.82, 2.24) is 9.36 Å². The summed E-state index contributed by atoms with van der Waals surface area (Å²) >= 11 is 0. The predicted molar refractivity (Wildman–Crippen MR) is 79.4 cm³/mol. The van der Waals surface area contributed by atoms with E-state index in [0.29, 0.717) is 0 Å². The van der Waals surface area contributed by atoms with Crippen molar-refractivity contribution in [1.29, 1.82) is 0 Å². The number of hydrogen-bond acceptors (Lipinski definition) is 1. The molecule has 0 saturated heterocycles. The molecule has 1 aromatic carbocycles. The quantitative estimate of drug-likeness (QED) is 0.473. The lowest BCUT2D eigenvalue weighted by atomic mass is 10.2. The Morgan fingerprint density at radius 2 is 1.75 bits per heavy atom. The fourth-order valence-corrected chi connectivity index (χ4v) is 2.52. The second-order valence-electron chi connectivity index (χ2n) is 6.03. The number of rotatable bonds is 5. The summed E-state index contributed by atoms with van der Waals surface area (Å²) in [6.45, 7) is 4.77. The Balaban J connectivity index is 0.00000200. The highest BCUT2D eigenvalue weighted by molar-refractivity contribution is 5.78. The van der Waals surface area contributed by atoms with E-state index in [0.717, 1.165) is 41.4 Å². The molecule has 0 aliphatic rings. The zero-order valence-electron chi connectivity index (χ0n) is 12.8. The lowest BCUT2D eigenvalue weighted by molar-refractivity contribution is -0.870. The maximum atomic E-state index is 12.4. The van der Waals surface area contributed by atoms with Gasteiger partial charge in [-0.25, -0.2) is 4.68 Å².